The molecule has 6 heteroatoms. The van der Waals surface area contributed by atoms with Crippen molar-refractivity contribution in [3.63, 3.8) is 0 Å². The second-order valence-electron chi connectivity index (χ2n) is 6.77. The van der Waals surface area contributed by atoms with E-state index in [-0.39, 0.29) is 11.7 Å². The number of carbonyl (C=O) groups excluding carboxylic acids is 1. The topological polar surface area (TPSA) is 61.5 Å². The number of para-hydroxylation sites is 1. The van der Waals surface area contributed by atoms with Gasteiger partial charge in [-0.05, 0) is 62.4 Å². The number of hydrogen-bond acceptors (Lipinski definition) is 3. The second kappa shape index (κ2) is 6.39. The zero-order chi connectivity index (χ0) is 19.3. The van der Waals surface area contributed by atoms with Crippen LogP contribution in [0.3, 0.4) is 0 Å². The number of hydrogen-bond donors (Lipinski definition) is 1. The summed E-state index contributed by atoms with van der Waals surface area (Å²) < 4.78 is 2.18. The van der Waals surface area contributed by atoms with Crippen LogP contribution in [0.5, 0.6) is 0 Å². The minimum absolute atomic E-state index is 0.185. The highest BCUT2D eigenvalue weighted by molar-refractivity contribution is 8.16. The molecule has 0 atom stereocenters. The van der Waals surface area contributed by atoms with Gasteiger partial charge in [-0.1, -0.05) is 30.0 Å². The predicted octanol–water partition coefficient (Wildman–Crippen LogP) is 4.57. The number of benzene rings is 1. The Hall–Kier alpha value is -2.86. The SMILES string of the molecule is CC1=CSC2=NC(=O)/C(=C\c3cc(C)n(-c4ccccc4C)c3C)C(=N)N12. The highest BCUT2D eigenvalue weighted by atomic mass is 32.2. The van der Waals surface area contributed by atoms with Gasteiger partial charge in [0.1, 0.15) is 5.84 Å². The molecule has 2 aliphatic heterocycles. The van der Waals surface area contributed by atoms with Crippen molar-refractivity contribution in [2.45, 2.75) is 27.7 Å². The van der Waals surface area contributed by atoms with Gasteiger partial charge >= 0.3 is 0 Å². The number of aryl methyl sites for hydroxylation is 2. The predicted molar refractivity (Wildman–Crippen MR) is 111 cm³/mol. The van der Waals surface area contributed by atoms with Crippen LogP contribution in [-0.2, 0) is 4.79 Å². The maximum Gasteiger partial charge on any atom is 0.283 e. The summed E-state index contributed by atoms with van der Waals surface area (Å²) in [6.45, 7) is 8.09. The molecule has 0 aliphatic carbocycles. The Bertz CT molecular complexity index is 1090. The first kappa shape index (κ1) is 17.5. The number of nitrogens with one attached hydrogen (secondary N) is 1. The zero-order valence-corrected chi connectivity index (χ0v) is 16.5. The highest BCUT2D eigenvalue weighted by Gasteiger charge is 2.34. The third-order valence-electron chi connectivity index (χ3n) is 4.91. The minimum Gasteiger partial charge on any atom is -0.318 e. The molecule has 1 amide bonds. The van der Waals surface area contributed by atoms with Crippen LogP contribution in [0.4, 0.5) is 0 Å². The van der Waals surface area contributed by atoms with E-state index < -0.39 is 0 Å². The number of aromatic nitrogens is 1. The summed E-state index contributed by atoms with van der Waals surface area (Å²) in [7, 11) is 0. The van der Waals surface area contributed by atoms with E-state index in [9.17, 15) is 4.79 Å². The number of amides is 1. The summed E-state index contributed by atoms with van der Waals surface area (Å²) in [5.41, 5.74) is 6.58. The fourth-order valence-corrected chi connectivity index (χ4v) is 4.37. The molecule has 5 nitrogen and oxygen atoms in total. The van der Waals surface area contributed by atoms with Crippen molar-refractivity contribution in [1.29, 1.82) is 5.41 Å². The van der Waals surface area contributed by atoms with E-state index >= 15 is 0 Å². The Morgan fingerprint density at radius 3 is 2.63 bits per heavy atom. The Labute approximate surface area is 162 Å². The van der Waals surface area contributed by atoms with E-state index in [0.29, 0.717) is 10.7 Å². The third kappa shape index (κ3) is 2.77. The molecule has 27 heavy (non-hydrogen) atoms. The number of fused-ring (bicyclic) bond motifs is 1. The molecule has 0 saturated carbocycles. The van der Waals surface area contributed by atoms with Crippen LogP contribution in [-0.4, -0.2) is 26.4 Å². The van der Waals surface area contributed by atoms with Crippen LogP contribution < -0.4 is 0 Å². The molecule has 2 aromatic rings. The Balaban J connectivity index is 1.81. The van der Waals surface area contributed by atoms with Crippen molar-refractivity contribution in [1.82, 2.24) is 9.47 Å². The van der Waals surface area contributed by atoms with Crippen LogP contribution in [0.2, 0.25) is 0 Å². The maximum atomic E-state index is 12.5. The summed E-state index contributed by atoms with van der Waals surface area (Å²) in [6, 6.07) is 10.3. The average molecular weight is 376 g/mol. The van der Waals surface area contributed by atoms with Crippen LogP contribution in [0.1, 0.15) is 29.4 Å². The van der Waals surface area contributed by atoms with Gasteiger partial charge in [0.25, 0.3) is 5.91 Å². The van der Waals surface area contributed by atoms with E-state index in [4.69, 9.17) is 5.41 Å². The normalized spacial score (nSPS) is 18.1. The number of aliphatic imine (C=N–C) groups is 1. The molecule has 2 aliphatic rings. The Morgan fingerprint density at radius 1 is 1.15 bits per heavy atom. The Kier molecular flexibility index (Phi) is 4.15. The van der Waals surface area contributed by atoms with Crippen molar-refractivity contribution in [2.75, 3.05) is 0 Å². The van der Waals surface area contributed by atoms with Gasteiger partial charge in [-0.2, -0.15) is 4.99 Å². The van der Waals surface area contributed by atoms with Gasteiger partial charge in [0.15, 0.2) is 5.17 Å². The van der Waals surface area contributed by atoms with Gasteiger partial charge in [-0.3, -0.25) is 15.1 Å². The van der Waals surface area contributed by atoms with Crippen molar-refractivity contribution in [3.8, 4) is 5.69 Å². The summed E-state index contributed by atoms with van der Waals surface area (Å²) in [5.74, 6) is -0.174. The van der Waals surface area contributed by atoms with Gasteiger partial charge < -0.3 is 4.57 Å². The molecule has 1 N–H and O–H groups in total. The quantitative estimate of drug-likeness (QED) is 0.781. The van der Waals surface area contributed by atoms with Crippen molar-refractivity contribution < 1.29 is 4.79 Å². The third-order valence-corrected chi connectivity index (χ3v) is 5.86. The Morgan fingerprint density at radius 2 is 1.89 bits per heavy atom. The van der Waals surface area contributed by atoms with E-state index in [1.165, 1.54) is 17.3 Å². The minimum atomic E-state index is -0.359. The first-order valence-electron chi connectivity index (χ1n) is 8.70. The second-order valence-corrected chi connectivity index (χ2v) is 7.60. The summed E-state index contributed by atoms with van der Waals surface area (Å²) in [6.07, 6.45) is 1.79. The van der Waals surface area contributed by atoms with Crippen LogP contribution in [0.15, 0.2) is 52.0 Å². The maximum absolute atomic E-state index is 12.5. The first-order chi connectivity index (χ1) is 12.9. The molecule has 0 fully saturated rings. The largest absolute Gasteiger partial charge is 0.318 e. The fraction of sp³-hybridized carbons (Fsp3) is 0.190. The number of thioether (sulfide) groups is 1. The van der Waals surface area contributed by atoms with Gasteiger partial charge in [0, 0.05) is 22.8 Å². The molecule has 0 radical (unpaired) electrons. The molecular formula is C21H20N4OS. The molecule has 0 unspecified atom stereocenters. The molecular weight excluding hydrogens is 356 g/mol. The van der Waals surface area contributed by atoms with Gasteiger partial charge in [-0.25, -0.2) is 0 Å². The molecule has 0 bridgehead atoms. The number of allylic oxidation sites excluding steroid dienone is 1. The van der Waals surface area contributed by atoms with Crippen molar-refractivity contribution >= 4 is 34.7 Å². The number of rotatable bonds is 2. The molecule has 136 valence electrons. The van der Waals surface area contributed by atoms with Gasteiger partial charge in [-0.15, -0.1) is 0 Å². The fourth-order valence-electron chi connectivity index (χ4n) is 3.52. The van der Waals surface area contributed by atoms with Crippen molar-refractivity contribution in [3.05, 3.63) is 69.5 Å². The zero-order valence-electron chi connectivity index (χ0n) is 15.7. The van der Waals surface area contributed by atoms with E-state index in [1.807, 2.05) is 31.4 Å². The van der Waals surface area contributed by atoms with Crippen LogP contribution in [0, 0.1) is 26.2 Å². The lowest BCUT2D eigenvalue weighted by Gasteiger charge is -2.25. The van der Waals surface area contributed by atoms with Crippen LogP contribution >= 0.6 is 11.8 Å². The average Bonchev–Trinajstić information content (AvgIpc) is 3.12. The lowest BCUT2D eigenvalue weighted by Crippen LogP contribution is -2.37. The number of carbonyl (C=O) groups is 1. The monoisotopic (exact) mass is 376 g/mol. The van der Waals surface area contributed by atoms with E-state index in [0.717, 1.165) is 28.3 Å². The van der Waals surface area contributed by atoms with Crippen LogP contribution in [0.25, 0.3) is 11.8 Å². The molecule has 4 rings (SSSR count). The molecule has 0 saturated heterocycles. The molecule has 3 heterocycles. The highest BCUT2D eigenvalue weighted by Crippen LogP contribution is 2.32. The molecule has 1 aromatic carbocycles. The lowest BCUT2D eigenvalue weighted by molar-refractivity contribution is -0.114. The van der Waals surface area contributed by atoms with E-state index in [1.54, 1.807) is 11.0 Å². The van der Waals surface area contributed by atoms with Gasteiger partial charge in [0.2, 0.25) is 0 Å². The number of amidine groups is 2. The summed E-state index contributed by atoms with van der Waals surface area (Å²) in [5, 5.41) is 11.0. The first-order valence-corrected chi connectivity index (χ1v) is 9.58. The molecule has 0 spiro atoms. The molecule has 1 aromatic heterocycles. The lowest BCUT2D eigenvalue weighted by atomic mass is 10.1. The standard InChI is InChI=1S/C21H20N4OS/c1-12-7-5-6-8-18(12)24-13(2)9-16(15(24)4)10-17-19(22)25-14(3)11-27-21(25)23-20(17)26/h5-11,22H,1-4H3/b17-10-,22-19?. The smallest absolute Gasteiger partial charge is 0.283 e. The number of nitrogens with zero attached hydrogens (tertiary/aromatic N) is 3. The van der Waals surface area contributed by atoms with Gasteiger partial charge in [0.05, 0.1) is 5.57 Å². The summed E-state index contributed by atoms with van der Waals surface area (Å²) in [4.78, 5) is 18.4. The van der Waals surface area contributed by atoms with E-state index in [2.05, 4.69) is 41.6 Å². The summed E-state index contributed by atoms with van der Waals surface area (Å²) >= 11 is 1.38. The van der Waals surface area contributed by atoms with Crippen molar-refractivity contribution in [2.24, 2.45) is 4.99 Å².